The van der Waals surface area contributed by atoms with E-state index in [1.807, 2.05) is 24.3 Å². The molecule has 6 heterocycles. The van der Waals surface area contributed by atoms with E-state index in [9.17, 15) is 28.0 Å². The highest BCUT2D eigenvalue weighted by Gasteiger charge is 2.32. The largest absolute Gasteiger partial charge is 0.444 e. The molecule has 2 aliphatic heterocycles. The van der Waals surface area contributed by atoms with Gasteiger partial charge in [-0.2, -0.15) is 5.10 Å². The Kier molecular flexibility index (Phi) is 13.6. The second kappa shape index (κ2) is 19.9. The van der Waals surface area contributed by atoms with Crippen LogP contribution in [0.25, 0.3) is 22.5 Å². The van der Waals surface area contributed by atoms with Crippen LogP contribution in [0.2, 0.25) is 0 Å². The summed E-state index contributed by atoms with van der Waals surface area (Å²) in [7, 11) is 3.88. The molecule has 4 fully saturated rings. The normalized spacial score (nSPS) is 20.8. The summed E-state index contributed by atoms with van der Waals surface area (Å²) in [5.41, 5.74) is 3.04. The quantitative estimate of drug-likeness (QED) is 0.0833. The van der Waals surface area contributed by atoms with Crippen LogP contribution >= 0.6 is 0 Å². The Balaban J connectivity index is 0.698. The number of imide groups is 1. The van der Waals surface area contributed by atoms with Gasteiger partial charge in [0.1, 0.15) is 12.3 Å². The van der Waals surface area contributed by atoms with Gasteiger partial charge in [0.15, 0.2) is 11.4 Å². The van der Waals surface area contributed by atoms with Gasteiger partial charge in [0.2, 0.25) is 17.7 Å². The number of oxazole rings is 1. The van der Waals surface area contributed by atoms with Crippen LogP contribution in [0.3, 0.4) is 0 Å². The molecule has 0 radical (unpaired) electrons. The number of carbonyl (C=O) groups excluding carboxylic acids is 3. The minimum atomic E-state index is -2.85. The Hall–Kier alpha value is -5.99. The summed E-state index contributed by atoms with van der Waals surface area (Å²) >= 11 is 0. The topological polar surface area (TPSA) is 165 Å². The molecule has 2 aliphatic carbocycles. The van der Waals surface area contributed by atoms with E-state index in [0.717, 1.165) is 108 Å². The van der Waals surface area contributed by atoms with Crippen LogP contribution in [-0.2, 0) is 23.1 Å². The molecule has 9 rings (SSSR count). The van der Waals surface area contributed by atoms with Crippen LogP contribution in [0.15, 0.2) is 58.2 Å². The van der Waals surface area contributed by atoms with Crippen molar-refractivity contribution in [3.05, 3.63) is 82.1 Å². The molecule has 2 saturated heterocycles. The van der Waals surface area contributed by atoms with Crippen LogP contribution < -0.4 is 16.3 Å². The average Bonchev–Trinajstić information content (AvgIpc) is 3.72. The summed E-state index contributed by atoms with van der Waals surface area (Å²) < 4.78 is 38.6. The lowest BCUT2D eigenvalue weighted by atomic mass is 9.85. The number of alkyl halides is 2. The molecule has 2 N–H and O–H groups in total. The highest BCUT2D eigenvalue weighted by molar-refractivity contribution is 6.03. The van der Waals surface area contributed by atoms with Crippen molar-refractivity contribution in [2.75, 3.05) is 45.1 Å². The number of aromatic nitrogens is 6. The second-order valence-electron chi connectivity index (χ2n) is 18.8. The molecule has 0 bridgehead atoms. The van der Waals surface area contributed by atoms with E-state index in [0.29, 0.717) is 34.9 Å². The Morgan fingerprint density at radius 2 is 1.73 bits per heavy atom. The molecule has 4 aliphatic rings. The van der Waals surface area contributed by atoms with Crippen LogP contribution in [-0.4, -0.2) is 96.2 Å². The first kappa shape index (κ1) is 45.2. The SMILES string of the molecule is CN(CC1CCC(n2cc(NC(=O)c3coc(-c4ccnc(CCC5CC5)c4)n3)c(C(F)F)n2)CC1)CC1CCN(CCC#Cc2ccc3c(c2)n(C)c(=O)n3C2CCC(=O)NC2=O)CC1. The van der Waals surface area contributed by atoms with Gasteiger partial charge in [-0.05, 0) is 126 Å². The van der Waals surface area contributed by atoms with Crippen molar-refractivity contribution in [2.45, 2.75) is 102 Å². The van der Waals surface area contributed by atoms with Crippen molar-refractivity contribution >= 4 is 34.4 Å². The van der Waals surface area contributed by atoms with Crippen molar-refractivity contribution < 1.29 is 27.6 Å². The Labute approximate surface area is 382 Å². The van der Waals surface area contributed by atoms with Crippen LogP contribution in [0.4, 0.5) is 14.5 Å². The zero-order chi connectivity index (χ0) is 45.9. The number of fused-ring (bicyclic) bond motifs is 1. The van der Waals surface area contributed by atoms with E-state index in [2.05, 4.69) is 54.4 Å². The first-order chi connectivity index (χ1) is 31.9. The molecule has 1 atom stereocenters. The number of pyridine rings is 1. The first-order valence-electron chi connectivity index (χ1n) is 23.5. The van der Waals surface area contributed by atoms with E-state index in [1.54, 1.807) is 24.0 Å². The van der Waals surface area contributed by atoms with Gasteiger partial charge in [0, 0.05) is 68.7 Å². The maximum Gasteiger partial charge on any atom is 0.329 e. The minimum absolute atomic E-state index is 0.00226. The number of halogens is 2. The van der Waals surface area contributed by atoms with Crippen LogP contribution in [0.1, 0.15) is 123 Å². The number of aryl methyl sites for hydroxylation is 2. The van der Waals surface area contributed by atoms with Gasteiger partial charge in [-0.15, -0.1) is 0 Å². The lowest BCUT2D eigenvalue weighted by Gasteiger charge is -2.35. The molecule has 1 aromatic carbocycles. The molecule has 0 spiro atoms. The fourth-order valence-electron chi connectivity index (χ4n) is 10.0. The maximum atomic E-state index is 14.2. The van der Waals surface area contributed by atoms with Crippen molar-refractivity contribution in [1.82, 2.24) is 44.0 Å². The molecular formula is C49H58F2N10O5. The summed E-state index contributed by atoms with van der Waals surface area (Å²) in [6.07, 6.45) is 13.2. The van der Waals surface area contributed by atoms with Crippen molar-refractivity contribution in [3.8, 4) is 23.3 Å². The smallest absolute Gasteiger partial charge is 0.329 e. The third-order valence-corrected chi connectivity index (χ3v) is 14.0. The summed E-state index contributed by atoms with van der Waals surface area (Å²) in [5, 5.41) is 9.23. The van der Waals surface area contributed by atoms with Gasteiger partial charge in [-0.1, -0.05) is 24.7 Å². The number of rotatable bonds is 15. The number of hydrogen-bond donors (Lipinski definition) is 2. The monoisotopic (exact) mass is 904 g/mol. The number of imidazole rings is 1. The number of nitrogens with one attached hydrogen (secondary N) is 2. The summed E-state index contributed by atoms with van der Waals surface area (Å²) in [6, 6.07) is 8.54. The molecule has 2 saturated carbocycles. The number of nitrogens with zero attached hydrogens (tertiary/aromatic N) is 8. The average molecular weight is 905 g/mol. The van der Waals surface area contributed by atoms with E-state index < -0.39 is 30.0 Å². The molecule has 66 heavy (non-hydrogen) atoms. The number of hydrogen-bond acceptors (Lipinski definition) is 10. The number of benzene rings is 1. The highest BCUT2D eigenvalue weighted by atomic mass is 19.3. The third kappa shape index (κ3) is 10.5. The minimum Gasteiger partial charge on any atom is -0.444 e. The molecule has 348 valence electrons. The fourth-order valence-corrected chi connectivity index (χ4v) is 10.0. The van der Waals surface area contributed by atoms with E-state index in [-0.39, 0.29) is 41.3 Å². The molecular weight excluding hydrogens is 847 g/mol. The maximum absolute atomic E-state index is 14.2. The molecule has 3 amide bonds. The number of piperidine rings is 2. The van der Waals surface area contributed by atoms with E-state index in [1.165, 1.54) is 34.4 Å². The summed E-state index contributed by atoms with van der Waals surface area (Å²) in [6.45, 7) is 5.00. The van der Waals surface area contributed by atoms with Crippen molar-refractivity contribution in [1.29, 1.82) is 0 Å². The molecule has 15 nitrogen and oxygen atoms in total. The number of anilines is 1. The zero-order valence-corrected chi connectivity index (χ0v) is 37.7. The predicted octanol–water partition coefficient (Wildman–Crippen LogP) is 6.91. The number of carbonyl (C=O) groups is 3. The summed E-state index contributed by atoms with van der Waals surface area (Å²) in [4.78, 5) is 64.2. The predicted molar refractivity (Wildman–Crippen MR) is 244 cm³/mol. The zero-order valence-electron chi connectivity index (χ0n) is 37.7. The van der Waals surface area contributed by atoms with Crippen molar-refractivity contribution in [2.24, 2.45) is 24.8 Å². The van der Waals surface area contributed by atoms with Gasteiger partial charge in [-0.3, -0.25) is 38.5 Å². The summed E-state index contributed by atoms with van der Waals surface area (Å²) in [5.74, 6) is 7.36. The molecule has 17 heteroatoms. The van der Waals surface area contributed by atoms with Crippen LogP contribution in [0.5, 0.6) is 0 Å². The van der Waals surface area contributed by atoms with Gasteiger partial charge < -0.3 is 19.5 Å². The second-order valence-corrected chi connectivity index (χ2v) is 18.8. The highest BCUT2D eigenvalue weighted by Crippen LogP contribution is 2.36. The number of likely N-dealkylation sites (tertiary alicyclic amines) is 1. The van der Waals surface area contributed by atoms with Gasteiger partial charge in [0.05, 0.1) is 22.8 Å². The van der Waals surface area contributed by atoms with Crippen molar-refractivity contribution in [3.63, 3.8) is 0 Å². The lowest BCUT2D eigenvalue weighted by Crippen LogP contribution is -2.44. The van der Waals surface area contributed by atoms with Crippen LogP contribution in [0, 0.1) is 29.6 Å². The van der Waals surface area contributed by atoms with Gasteiger partial charge >= 0.3 is 5.69 Å². The van der Waals surface area contributed by atoms with Gasteiger partial charge in [0.25, 0.3) is 12.3 Å². The Morgan fingerprint density at radius 1 is 0.970 bits per heavy atom. The lowest BCUT2D eigenvalue weighted by molar-refractivity contribution is -0.135. The van der Waals surface area contributed by atoms with E-state index in [4.69, 9.17) is 4.42 Å². The van der Waals surface area contributed by atoms with Gasteiger partial charge in [-0.25, -0.2) is 18.6 Å². The first-order valence-corrected chi connectivity index (χ1v) is 23.5. The molecule has 4 aromatic heterocycles. The fraction of sp³-hybridized carbons (Fsp3) is 0.531. The Morgan fingerprint density at radius 3 is 2.47 bits per heavy atom. The standard InChI is InChI=1S/C49H58F2N10O5/c1-57(28-34-19-23-59(24-20-34)22-4-3-5-32-11-15-40-42(25-32)58(2)49(65)61(40)41-16-17-43(62)55-47(41)64)27-33-9-13-37(14-10-33)60-29-38(44(56-60)45(50)51)53-46(63)39-30-66-48(54-39)35-18-21-52-36(26-35)12-8-31-6-7-31/h11,15,18,21,25-26,29-31,33-34,37,41,45H,4,6-10,12-14,16-17,19-20,22-24,27-28H2,1-2H3,(H,53,63)(H,55,62,64). The number of amides is 3. The molecule has 1 unspecified atom stereocenters. The molecule has 5 aromatic rings. The van der Waals surface area contributed by atoms with E-state index >= 15 is 0 Å². The Bertz CT molecular complexity index is 2690. The third-order valence-electron chi connectivity index (χ3n) is 14.0.